The maximum absolute atomic E-state index is 12.8. The summed E-state index contributed by atoms with van der Waals surface area (Å²) in [5.74, 6) is 2.73. The topological polar surface area (TPSA) is 69.6 Å². The summed E-state index contributed by atoms with van der Waals surface area (Å²) in [6, 6.07) is 15.2. The standard InChI is InChI=1S/C22H20N2O4S2/c1-27-15-8-6-14(7-9-15)23-18(25)10-24-21-20(30-22(24)26)19-13(12-29-21)11-28-17-5-3-2-4-16(17)19/h2-9,13,19H,10-12H2,1H3,(H,23,25)/t13-,19-/m1/s1. The van der Waals surface area contributed by atoms with E-state index in [1.54, 1.807) is 47.7 Å². The Hall–Kier alpha value is -2.71. The molecule has 1 amide bonds. The zero-order valence-electron chi connectivity index (χ0n) is 16.3. The second kappa shape index (κ2) is 7.85. The highest BCUT2D eigenvalue weighted by Gasteiger charge is 2.39. The van der Waals surface area contributed by atoms with Crippen molar-refractivity contribution in [3.63, 3.8) is 0 Å². The average molecular weight is 441 g/mol. The molecular formula is C22H20N2O4S2. The van der Waals surface area contributed by atoms with Gasteiger partial charge in [-0.25, -0.2) is 0 Å². The van der Waals surface area contributed by atoms with Gasteiger partial charge in [0.25, 0.3) is 0 Å². The predicted molar refractivity (Wildman–Crippen MR) is 118 cm³/mol. The third-order valence-electron chi connectivity index (χ3n) is 5.44. The third-order valence-corrected chi connectivity index (χ3v) is 7.94. The first-order valence-electron chi connectivity index (χ1n) is 9.66. The lowest BCUT2D eigenvalue weighted by atomic mass is 9.84. The van der Waals surface area contributed by atoms with E-state index >= 15 is 0 Å². The van der Waals surface area contributed by atoms with Crippen LogP contribution in [0.4, 0.5) is 5.69 Å². The largest absolute Gasteiger partial charge is 0.497 e. The number of amides is 1. The number of thiazole rings is 1. The van der Waals surface area contributed by atoms with Crippen LogP contribution >= 0.6 is 23.1 Å². The molecule has 3 aromatic rings. The SMILES string of the molecule is COc1ccc(NC(=O)Cn2c3c(sc2=O)[C@H]2c4ccccc4OC[C@@H]2CS3)cc1. The molecule has 0 aliphatic carbocycles. The van der Waals surface area contributed by atoms with Gasteiger partial charge in [-0.1, -0.05) is 29.5 Å². The van der Waals surface area contributed by atoms with E-state index in [2.05, 4.69) is 11.4 Å². The molecule has 2 atom stereocenters. The summed E-state index contributed by atoms with van der Waals surface area (Å²) in [4.78, 5) is 26.4. The zero-order chi connectivity index (χ0) is 20.7. The van der Waals surface area contributed by atoms with Crippen molar-refractivity contribution in [2.24, 2.45) is 5.92 Å². The summed E-state index contributed by atoms with van der Waals surface area (Å²) in [7, 11) is 1.60. The Labute approximate surface area is 181 Å². The normalized spacial score (nSPS) is 19.1. The number of carbonyl (C=O) groups excluding carboxylic acids is 1. The quantitative estimate of drug-likeness (QED) is 0.668. The molecule has 5 rings (SSSR count). The predicted octanol–water partition coefficient (Wildman–Crippen LogP) is 3.80. The van der Waals surface area contributed by atoms with Gasteiger partial charge in [0.05, 0.1) is 18.7 Å². The Balaban J connectivity index is 1.42. The molecule has 2 aliphatic rings. The molecule has 8 heteroatoms. The lowest BCUT2D eigenvalue weighted by molar-refractivity contribution is -0.116. The van der Waals surface area contributed by atoms with E-state index < -0.39 is 0 Å². The van der Waals surface area contributed by atoms with Crippen molar-refractivity contribution < 1.29 is 14.3 Å². The Morgan fingerprint density at radius 3 is 2.83 bits per heavy atom. The molecule has 6 nitrogen and oxygen atoms in total. The Morgan fingerprint density at radius 1 is 1.23 bits per heavy atom. The van der Waals surface area contributed by atoms with Gasteiger partial charge in [0.1, 0.15) is 18.0 Å². The number of rotatable bonds is 4. The van der Waals surface area contributed by atoms with E-state index in [1.165, 1.54) is 11.3 Å². The first-order valence-corrected chi connectivity index (χ1v) is 11.5. The Bertz CT molecular complexity index is 1150. The number of benzene rings is 2. The molecule has 0 radical (unpaired) electrons. The first-order chi connectivity index (χ1) is 14.6. The van der Waals surface area contributed by atoms with E-state index in [0.717, 1.165) is 32.7 Å². The van der Waals surface area contributed by atoms with Crippen LogP contribution in [0.25, 0.3) is 0 Å². The van der Waals surface area contributed by atoms with E-state index in [0.29, 0.717) is 18.2 Å². The molecule has 0 saturated heterocycles. The molecule has 0 fully saturated rings. The van der Waals surface area contributed by atoms with Gasteiger partial charge in [0.2, 0.25) is 5.91 Å². The third kappa shape index (κ3) is 3.40. The van der Waals surface area contributed by atoms with Gasteiger partial charge >= 0.3 is 4.87 Å². The molecule has 1 aromatic heterocycles. The van der Waals surface area contributed by atoms with Gasteiger partial charge in [-0.2, -0.15) is 0 Å². The maximum atomic E-state index is 12.8. The molecule has 0 saturated carbocycles. The number of aromatic nitrogens is 1. The summed E-state index contributed by atoms with van der Waals surface area (Å²) >= 11 is 2.90. The summed E-state index contributed by atoms with van der Waals surface area (Å²) in [5.41, 5.74) is 1.80. The van der Waals surface area contributed by atoms with Crippen LogP contribution in [0.3, 0.4) is 0 Å². The summed E-state index contributed by atoms with van der Waals surface area (Å²) in [6.07, 6.45) is 0. The van der Waals surface area contributed by atoms with Gasteiger partial charge in [-0.05, 0) is 30.3 Å². The van der Waals surface area contributed by atoms with Gasteiger partial charge in [-0.15, -0.1) is 11.8 Å². The van der Waals surface area contributed by atoms with Crippen molar-refractivity contribution in [1.82, 2.24) is 4.57 Å². The van der Waals surface area contributed by atoms with Crippen molar-refractivity contribution in [2.75, 3.05) is 24.8 Å². The van der Waals surface area contributed by atoms with Crippen LogP contribution in [0.15, 0.2) is 58.4 Å². The van der Waals surface area contributed by atoms with Crippen LogP contribution in [-0.4, -0.2) is 29.9 Å². The minimum absolute atomic E-state index is 0.000765. The number of para-hydroxylation sites is 1. The van der Waals surface area contributed by atoms with Crippen molar-refractivity contribution in [3.8, 4) is 11.5 Å². The summed E-state index contributed by atoms with van der Waals surface area (Å²) < 4.78 is 12.7. The number of carbonyl (C=O) groups is 1. The van der Waals surface area contributed by atoms with Crippen LogP contribution in [0.2, 0.25) is 0 Å². The number of nitrogens with one attached hydrogen (secondary N) is 1. The Morgan fingerprint density at radius 2 is 2.03 bits per heavy atom. The number of nitrogens with zero attached hydrogens (tertiary/aromatic N) is 1. The van der Waals surface area contributed by atoms with Gasteiger partial charge in [0, 0.05) is 33.7 Å². The fourth-order valence-electron chi connectivity index (χ4n) is 4.01. The van der Waals surface area contributed by atoms with Crippen molar-refractivity contribution >= 4 is 34.7 Å². The number of fused-ring (bicyclic) bond motifs is 5. The number of hydrogen-bond donors (Lipinski definition) is 1. The lowest BCUT2D eigenvalue weighted by Gasteiger charge is -2.36. The fourth-order valence-corrected chi connectivity index (χ4v) is 6.70. The highest BCUT2D eigenvalue weighted by Crippen LogP contribution is 2.50. The minimum Gasteiger partial charge on any atom is -0.497 e. The fraction of sp³-hybridized carbons (Fsp3) is 0.273. The number of anilines is 1. The first kappa shape index (κ1) is 19.3. The molecule has 1 N–H and O–H groups in total. The minimum atomic E-state index is -0.224. The molecule has 30 heavy (non-hydrogen) atoms. The molecule has 154 valence electrons. The van der Waals surface area contributed by atoms with Crippen molar-refractivity contribution in [3.05, 3.63) is 68.6 Å². The number of hydrogen-bond acceptors (Lipinski definition) is 6. The van der Waals surface area contributed by atoms with Crippen LogP contribution in [0.1, 0.15) is 16.4 Å². The van der Waals surface area contributed by atoms with Gasteiger partial charge in [0.15, 0.2) is 0 Å². The number of ether oxygens (including phenoxy) is 2. The average Bonchev–Trinajstić information content (AvgIpc) is 3.09. The second-order valence-corrected chi connectivity index (χ2v) is 9.30. The van der Waals surface area contributed by atoms with Crippen LogP contribution in [0.5, 0.6) is 11.5 Å². The van der Waals surface area contributed by atoms with Crippen molar-refractivity contribution in [2.45, 2.75) is 17.5 Å². The summed E-state index contributed by atoms with van der Waals surface area (Å²) in [5, 5.41) is 3.77. The molecule has 0 bridgehead atoms. The lowest BCUT2D eigenvalue weighted by Crippen LogP contribution is -2.31. The second-order valence-electron chi connectivity index (χ2n) is 7.30. The smallest absolute Gasteiger partial charge is 0.308 e. The van der Waals surface area contributed by atoms with E-state index in [9.17, 15) is 9.59 Å². The molecule has 2 aliphatic heterocycles. The van der Waals surface area contributed by atoms with Crippen LogP contribution in [0, 0.1) is 5.92 Å². The highest BCUT2D eigenvalue weighted by atomic mass is 32.2. The molecule has 0 unspecified atom stereocenters. The van der Waals surface area contributed by atoms with Crippen LogP contribution in [-0.2, 0) is 11.3 Å². The number of thioether (sulfide) groups is 1. The maximum Gasteiger partial charge on any atom is 0.308 e. The molecular weight excluding hydrogens is 420 g/mol. The van der Waals surface area contributed by atoms with Crippen LogP contribution < -0.4 is 19.7 Å². The number of methoxy groups -OCH3 is 1. The highest BCUT2D eigenvalue weighted by molar-refractivity contribution is 7.99. The summed E-state index contributed by atoms with van der Waals surface area (Å²) in [6.45, 7) is 0.650. The van der Waals surface area contributed by atoms with Gasteiger partial charge in [-0.3, -0.25) is 14.2 Å². The van der Waals surface area contributed by atoms with Gasteiger partial charge < -0.3 is 14.8 Å². The molecule has 0 spiro atoms. The van der Waals surface area contributed by atoms with Crippen molar-refractivity contribution in [1.29, 1.82) is 0 Å². The molecule has 3 heterocycles. The monoisotopic (exact) mass is 440 g/mol. The van der Waals surface area contributed by atoms with E-state index in [1.807, 2.05) is 18.2 Å². The zero-order valence-corrected chi connectivity index (χ0v) is 17.9. The van der Waals surface area contributed by atoms with E-state index in [-0.39, 0.29) is 23.2 Å². The molecule has 2 aromatic carbocycles. The Kier molecular flexibility index (Phi) is 5.04. The van der Waals surface area contributed by atoms with E-state index in [4.69, 9.17) is 9.47 Å².